The van der Waals surface area contributed by atoms with E-state index in [0.717, 1.165) is 6.42 Å². The van der Waals surface area contributed by atoms with E-state index < -0.39 is 0 Å². The first-order valence-electron chi connectivity index (χ1n) is 11.3. The summed E-state index contributed by atoms with van der Waals surface area (Å²) in [6.07, 6.45) is 3.25. The van der Waals surface area contributed by atoms with E-state index in [9.17, 15) is 0 Å². The highest BCUT2D eigenvalue weighted by atomic mass is 32.2. The third-order valence-electron chi connectivity index (χ3n) is 5.50. The number of nitrogens with zero attached hydrogens (tertiary/aromatic N) is 1. The molecule has 0 aromatic heterocycles. The minimum atomic E-state index is 0.935. The molecule has 1 aliphatic rings. The van der Waals surface area contributed by atoms with Gasteiger partial charge in [-0.1, -0.05) is 98.4 Å². The number of hydrogen-bond acceptors (Lipinski definition) is 2. The Hall–Kier alpha value is -3.23. The van der Waals surface area contributed by atoms with Crippen molar-refractivity contribution in [2.45, 2.75) is 37.0 Å². The number of anilines is 3. The van der Waals surface area contributed by atoms with Gasteiger partial charge in [0.25, 0.3) is 0 Å². The van der Waals surface area contributed by atoms with Gasteiger partial charge in [-0.3, -0.25) is 0 Å². The summed E-state index contributed by atoms with van der Waals surface area (Å²) in [5.74, 6) is 0. The van der Waals surface area contributed by atoms with Gasteiger partial charge in [-0.05, 0) is 66.4 Å². The molecule has 0 saturated carbocycles. The van der Waals surface area contributed by atoms with E-state index in [1.54, 1.807) is 0 Å². The zero-order valence-electron chi connectivity index (χ0n) is 19.0. The fourth-order valence-corrected chi connectivity index (χ4v) is 4.91. The van der Waals surface area contributed by atoms with Gasteiger partial charge in [0.05, 0.1) is 11.4 Å². The predicted octanol–water partition coefficient (Wildman–Crippen LogP) is 9.29. The number of rotatable bonds is 4. The highest BCUT2D eigenvalue weighted by molar-refractivity contribution is 7.99. The largest absolute Gasteiger partial charge is 0.308 e. The summed E-state index contributed by atoms with van der Waals surface area (Å²) >= 11 is 1.84. The van der Waals surface area contributed by atoms with Crippen LogP contribution in [-0.2, 0) is 6.42 Å². The number of benzene rings is 4. The van der Waals surface area contributed by atoms with Crippen molar-refractivity contribution in [3.05, 3.63) is 120 Å². The van der Waals surface area contributed by atoms with Crippen molar-refractivity contribution in [2.75, 3.05) is 4.90 Å². The zero-order valence-corrected chi connectivity index (χ0v) is 19.8. The predicted molar refractivity (Wildman–Crippen MR) is 140 cm³/mol. The Kier molecular flexibility index (Phi) is 7.14. The molecular weight excluding hydrogens is 406 g/mol. The Bertz CT molecular complexity index is 1150. The van der Waals surface area contributed by atoms with Gasteiger partial charge in [0, 0.05) is 15.5 Å². The molecule has 0 fully saturated rings. The maximum absolute atomic E-state index is 2.37. The van der Waals surface area contributed by atoms with Crippen LogP contribution in [0, 0.1) is 0 Å². The standard InChI is InChI=1S/C28H23NS.C2H6/c1-21(23-9-3-2-4-10-23)15-16-22-17-19-24(20-18-22)29-25-11-5-7-13-27(25)30-28-14-8-6-12-26(28)29;1-2/h2-15,17-20H,16H2,1H3;1-2H3/b21-15-;. The summed E-state index contributed by atoms with van der Waals surface area (Å²) in [7, 11) is 0. The number of para-hydroxylation sites is 2. The maximum Gasteiger partial charge on any atom is 0.0601 e. The summed E-state index contributed by atoms with van der Waals surface area (Å²) in [5.41, 5.74) is 7.61. The first-order chi connectivity index (χ1) is 15.8. The van der Waals surface area contributed by atoms with Crippen molar-refractivity contribution in [1.82, 2.24) is 0 Å². The van der Waals surface area contributed by atoms with Gasteiger partial charge >= 0.3 is 0 Å². The molecule has 2 heteroatoms. The quantitative estimate of drug-likeness (QED) is 0.277. The van der Waals surface area contributed by atoms with Gasteiger partial charge in [0.2, 0.25) is 0 Å². The van der Waals surface area contributed by atoms with Crippen LogP contribution in [0.1, 0.15) is 31.9 Å². The number of hydrogen-bond donors (Lipinski definition) is 0. The van der Waals surface area contributed by atoms with E-state index in [-0.39, 0.29) is 0 Å². The monoisotopic (exact) mass is 435 g/mol. The van der Waals surface area contributed by atoms with E-state index in [4.69, 9.17) is 0 Å². The molecule has 5 rings (SSSR count). The third-order valence-corrected chi connectivity index (χ3v) is 6.63. The lowest BCUT2D eigenvalue weighted by molar-refractivity contribution is 1.16. The fourth-order valence-electron chi connectivity index (χ4n) is 3.85. The Morgan fingerprint density at radius 3 is 1.81 bits per heavy atom. The van der Waals surface area contributed by atoms with Crippen molar-refractivity contribution in [3.63, 3.8) is 0 Å². The first-order valence-corrected chi connectivity index (χ1v) is 12.1. The molecule has 1 aliphatic heterocycles. The molecule has 0 atom stereocenters. The van der Waals surface area contributed by atoms with E-state index in [1.807, 2.05) is 25.6 Å². The van der Waals surface area contributed by atoms with Crippen LogP contribution in [0.5, 0.6) is 0 Å². The molecule has 4 aromatic rings. The summed E-state index contributed by atoms with van der Waals surface area (Å²) in [6, 6.07) is 36.8. The summed E-state index contributed by atoms with van der Waals surface area (Å²) in [6.45, 7) is 6.18. The van der Waals surface area contributed by atoms with Gasteiger partial charge in [0.1, 0.15) is 0 Å². The minimum absolute atomic E-state index is 0.935. The lowest BCUT2D eigenvalue weighted by Crippen LogP contribution is -2.14. The molecular formula is C30H29NS. The SMILES string of the molecule is C/C(=C/Cc1ccc(N2c3ccccc3Sc3ccccc32)cc1)c1ccccc1.CC. The van der Waals surface area contributed by atoms with Gasteiger partial charge in [-0.25, -0.2) is 0 Å². The molecule has 0 aliphatic carbocycles. The summed E-state index contributed by atoms with van der Waals surface area (Å²) in [4.78, 5) is 4.96. The van der Waals surface area contributed by atoms with Crippen LogP contribution in [0.2, 0.25) is 0 Å². The Morgan fingerprint density at radius 1 is 0.688 bits per heavy atom. The molecule has 4 aromatic carbocycles. The molecule has 0 spiro atoms. The Morgan fingerprint density at radius 2 is 1.22 bits per heavy atom. The fraction of sp³-hybridized carbons (Fsp3) is 0.133. The minimum Gasteiger partial charge on any atom is -0.308 e. The van der Waals surface area contributed by atoms with Crippen molar-refractivity contribution < 1.29 is 0 Å². The molecule has 0 amide bonds. The molecule has 0 N–H and O–H groups in total. The van der Waals surface area contributed by atoms with E-state index in [2.05, 4.69) is 121 Å². The topological polar surface area (TPSA) is 3.24 Å². The Labute approximate surface area is 196 Å². The van der Waals surface area contributed by atoms with Crippen LogP contribution in [0.15, 0.2) is 119 Å². The Balaban J connectivity index is 0.00000119. The van der Waals surface area contributed by atoms with Crippen LogP contribution in [0.4, 0.5) is 17.1 Å². The lowest BCUT2D eigenvalue weighted by Gasteiger charge is -2.32. The number of allylic oxidation sites excluding steroid dienone is 2. The van der Waals surface area contributed by atoms with E-state index >= 15 is 0 Å². The van der Waals surface area contributed by atoms with E-state index in [0.29, 0.717) is 0 Å². The molecule has 160 valence electrons. The normalized spacial score (nSPS) is 12.3. The molecule has 0 radical (unpaired) electrons. The van der Waals surface area contributed by atoms with Gasteiger partial charge in [-0.15, -0.1) is 0 Å². The third kappa shape index (κ3) is 4.66. The van der Waals surface area contributed by atoms with Crippen molar-refractivity contribution in [1.29, 1.82) is 0 Å². The van der Waals surface area contributed by atoms with Crippen LogP contribution in [0.3, 0.4) is 0 Å². The second-order valence-corrected chi connectivity index (χ2v) is 8.58. The average molecular weight is 436 g/mol. The van der Waals surface area contributed by atoms with Gasteiger partial charge < -0.3 is 4.90 Å². The van der Waals surface area contributed by atoms with Crippen molar-refractivity contribution in [3.8, 4) is 0 Å². The zero-order chi connectivity index (χ0) is 22.3. The van der Waals surface area contributed by atoms with Gasteiger partial charge in [-0.2, -0.15) is 0 Å². The smallest absolute Gasteiger partial charge is 0.0601 e. The second kappa shape index (κ2) is 10.4. The van der Waals surface area contributed by atoms with Crippen molar-refractivity contribution >= 4 is 34.4 Å². The van der Waals surface area contributed by atoms with Crippen LogP contribution in [-0.4, -0.2) is 0 Å². The highest BCUT2D eigenvalue weighted by Gasteiger charge is 2.23. The lowest BCUT2D eigenvalue weighted by atomic mass is 10.0. The molecule has 0 unspecified atom stereocenters. The van der Waals surface area contributed by atoms with Crippen LogP contribution < -0.4 is 4.90 Å². The maximum atomic E-state index is 2.37. The van der Waals surface area contributed by atoms with Crippen LogP contribution >= 0.6 is 11.8 Å². The van der Waals surface area contributed by atoms with Gasteiger partial charge in [0.15, 0.2) is 0 Å². The molecule has 0 saturated heterocycles. The summed E-state index contributed by atoms with van der Waals surface area (Å²) < 4.78 is 0. The van der Waals surface area contributed by atoms with E-state index in [1.165, 1.54) is 43.6 Å². The van der Waals surface area contributed by atoms with Crippen molar-refractivity contribution in [2.24, 2.45) is 0 Å². The second-order valence-electron chi connectivity index (χ2n) is 7.50. The molecule has 1 nitrogen and oxygen atoms in total. The molecule has 0 bridgehead atoms. The van der Waals surface area contributed by atoms with Crippen LogP contribution in [0.25, 0.3) is 5.57 Å². The first kappa shape index (κ1) is 22.0. The average Bonchev–Trinajstić information content (AvgIpc) is 2.88. The number of fused-ring (bicyclic) bond motifs is 2. The molecule has 32 heavy (non-hydrogen) atoms. The summed E-state index contributed by atoms with van der Waals surface area (Å²) in [5, 5.41) is 0. The highest BCUT2D eigenvalue weighted by Crippen LogP contribution is 2.50. The molecule has 1 heterocycles.